The maximum Gasteiger partial charge on any atom is 0.0657 e. The molecule has 0 amide bonds. The summed E-state index contributed by atoms with van der Waals surface area (Å²) < 4.78 is 4.13. The van der Waals surface area contributed by atoms with Crippen molar-refractivity contribution in [2.75, 3.05) is 15.1 Å². The molecule has 0 saturated heterocycles. The second-order valence-corrected chi connectivity index (χ2v) is 27.8. The third-order valence-electron chi connectivity index (χ3n) is 18.8. The molecule has 0 radical (unpaired) electrons. The number of rotatable bonds is 10. The summed E-state index contributed by atoms with van der Waals surface area (Å²) in [7, 11) is 0. The Labute approximate surface area is 596 Å². The van der Waals surface area contributed by atoms with E-state index in [1.165, 1.54) is 108 Å². The smallest absolute Gasteiger partial charge is 0.0657 e. The Morgan fingerprint density at radius 1 is 0.216 bits per heavy atom. The van der Waals surface area contributed by atoms with E-state index in [2.05, 4.69) is 394 Å². The Morgan fingerprint density at radius 3 is 0.928 bits per heavy atom. The average Bonchev–Trinajstić information content (AvgIpc) is 0.731. The second kappa shape index (κ2) is 25.6. The highest BCUT2D eigenvalue weighted by molar-refractivity contribution is 9.14. The summed E-state index contributed by atoms with van der Waals surface area (Å²) in [5, 5.41) is 26.5. The van der Waals surface area contributed by atoms with E-state index in [-0.39, 0.29) is 0 Å². The third-order valence-corrected chi connectivity index (χ3v) is 22.8. The zero-order valence-electron chi connectivity index (χ0n) is 52.2. The molecule has 0 heterocycles. The van der Waals surface area contributed by atoms with Gasteiger partial charge in [-0.3, -0.25) is 0 Å². The van der Waals surface area contributed by atoms with Crippen molar-refractivity contribution in [1.29, 1.82) is 0 Å². The van der Waals surface area contributed by atoms with Crippen molar-refractivity contribution in [3.63, 3.8) is 0 Å². The van der Waals surface area contributed by atoms with Crippen LogP contribution in [0.4, 0.5) is 45.5 Å². The van der Waals surface area contributed by atoms with Crippen LogP contribution in [0, 0.1) is 0 Å². The van der Waals surface area contributed by atoms with E-state index in [0.717, 1.165) is 74.5 Å². The molecule has 0 atom stereocenters. The van der Waals surface area contributed by atoms with Gasteiger partial charge in [-0.2, -0.15) is 0 Å². The molecule has 1 N–H and O–H groups in total. The monoisotopic (exact) mass is 1500 g/mol. The molecule has 0 aliphatic rings. The fourth-order valence-electron chi connectivity index (χ4n) is 14.4. The van der Waals surface area contributed by atoms with Crippen LogP contribution in [0.3, 0.4) is 0 Å². The highest BCUT2D eigenvalue weighted by Gasteiger charge is 2.27. The fourth-order valence-corrected chi connectivity index (χ4v) is 16.4. The summed E-state index contributed by atoms with van der Waals surface area (Å²) in [5.41, 5.74) is 13.4. The molecule has 0 unspecified atom stereocenters. The number of benzene rings is 19. The first kappa shape index (κ1) is 60.3. The van der Waals surface area contributed by atoms with E-state index in [4.69, 9.17) is 0 Å². The second-order valence-electron chi connectivity index (χ2n) is 24.5. The molecule has 3 nitrogen and oxygen atoms in total. The van der Waals surface area contributed by atoms with Gasteiger partial charge in [-0.15, -0.1) is 0 Å². The van der Waals surface area contributed by atoms with Crippen molar-refractivity contribution >= 4 is 206 Å². The van der Waals surface area contributed by atoms with Crippen LogP contribution in [-0.2, 0) is 0 Å². The van der Waals surface area contributed by atoms with E-state index in [9.17, 15) is 0 Å². The molecule has 0 saturated carbocycles. The maximum absolute atomic E-state index is 4.35. The number of nitrogens with one attached hydrogen (secondary N) is 1. The van der Waals surface area contributed by atoms with Crippen LogP contribution < -0.4 is 15.1 Å². The maximum atomic E-state index is 4.35. The van der Waals surface area contributed by atoms with E-state index < -0.39 is 0 Å². The normalized spacial score (nSPS) is 11.5. The fraction of sp³-hybridized carbons (Fsp3) is 0. The topological polar surface area (TPSA) is 18.5 Å². The van der Waals surface area contributed by atoms with Gasteiger partial charge in [-0.1, -0.05) is 261 Å². The van der Waals surface area contributed by atoms with Gasteiger partial charge in [0.1, 0.15) is 0 Å². The highest BCUT2D eigenvalue weighted by Crippen LogP contribution is 2.53. The van der Waals surface area contributed by atoms with Gasteiger partial charge >= 0.3 is 0 Å². The van der Waals surface area contributed by atoms with Crippen LogP contribution in [-0.4, -0.2) is 0 Å². The van der Waals surface area contributed by atoms with Crippen LogP contribution >= 0.6 is 63.7 Å². The summed E-state index contributed by atoms with van der Waals surface area (Å²) in [4.78, 5) is 4.89. The Bertz CT molecular complexity index is 5810. The van der Waals surface area contributed by atoms with E-state index in [1.807, 2.05) is 24.3 Å². The number of nitrogens with zero attached hydrogens (tertiary/aromatic N) is 2. The van der Waals surface area contributed by atoms with Crippen molar-refractivity contribution in [3.05, 3.63) is 358 Å². The Kier molecular flexibility index (Phi) is 15.9. The summed E-state index contributed by atoms with van der Waals surface area (Å²) in [6.07, 6.45) is 0. The zero-order chi connectivity index (χ0) is 65.1. The molecule has 7 heteroatoms. The predicted octanol–water partition coefficient (Wildman–Crippen LogP) is 28.8. The van der Waals surface area contributed by atoms with Gasteiger partial charge < -0.3 is 15.1 Å². The van der Waals surface area contributed by atoms with Gasteiger partial charge in [0.25, 0.3) is 0 Å². The number of hydrogen-bond donors (Lipinski definition) is 1. The lowest BCUT2D eigenvalue weighted by atomic mass is 9.92. The van der Waals surface area contributed by atoms with Crippen molar-refractivity contribution in [1.82, 2.24) is 0 Å². The van der Waals surface area contributed by atoms with E-state index >= 15 is 0 Å². The Morgan fingerprint density at radius 2 is 0.526 bits per heavy atom. The Hall–Kier alpha value is -10.4. The van der Waals surface area contributed by atoms with Crippen LogP contribution in [0.2, 0.25) is 0 Å². The molecular formula is C90H57Br4N3. The molecule has 460 valence electrons. The van der Waals surface area contributed by atoms with E-state index in [1.54, 1.807) is 0 Å². The van der Waals surface area contributed by atoms with Gasteiger partial charge in [0.2, 0.25) is 0 Å². The van der Waals surface area contributed by atoms with Gasteiger partial charge in [-0.05, 0) is 246 Å². The Balaban J connectivity index is 0.000000151. The molecule has 0 aliphatic carbocycles. The minimum atomic E-state index is 0.987. The van der Waals surface area contributed by atoms with Crippen LogP contribution in [0.1, 0.15) is 0 Å². The number of para-hydroxylation sites is 3. The molecule has 19 aromatic carbocycles. The summed E-state index contributed by atoms with van der Waals surface area (Å²) in [6.45, 7) is 0. The van der Waals surface area contributed by atoms with Crippen molar-refractivity contribution in [2.45, 2.75) is 0 Å². The summed E-state index contributed by atoms with van der Waals surface area (Å²) in [6, 6.07) is 122. The first-order chi connectivity index (χ1) is 47.8. The standard InChI is InChI=1S/C56H35BrN2.C22H15N.C12H7Br3/c57-56-50(58(44-18-6-2-7-19-44)48-32-28-41-24-22-37-14-10-16-39-26-30-46(48)54(41)52(37)39)34-43(36-12-4-1-5-13-36)35-51(56)59(45-20-8-3-9-21-45)49-33-29-42-25-23-38-15-11-17-40-27-31-47(49)55(42)53(38)40;1-2-7-18(8-3-1)23-20-14-12-17-10-9-15-5-4-6-16-11-13-19(20)22(17)21(15)16;13-10-6-9(7-11(14)12(10)15)8-4-2-1-3-5-8/h1-35H;1-14,23H;1-7H. The van der Waals surface area contributed by atoms with Crippen LogP contribution in [0.15, 0.2) is 358 Å². The van der Waals surface area contributed by atoms with Crippen molar-refractivity contribution < 1.29 is 0 Å². The molecule has 0 fully saturated rings. The third kappa shape index (κ3) is 11.1. The molecule has 0 spiro atoms. The van der Waals surface area contributed by atoms with Crippen molar-refractivity contribution in [3.8, 4) is 22.3 Å². The molecular weight excluding hydrogens is 1440 g/mol. The minimum absolute atomic E-state index is 0.987. The quantitative estimate of drug-likeness (QED) is 0.109. The van der Waals surface area contributed by atoms with Crippen LogP contribution in [0.25, 0.3) is 119 Å². The van der Waals surface area contributed by atoms with Gasteiger partial charge in [-0.25, -0.2) is 0 Å². The van der Waals surface area contributed by atoms with E-state index in [0.29, 0.717) is 0 Å². The zero-order valence-corrected chi connectivity index (χ0v) is 58.6. The van der Waals surface area contributed by atoms with Crippen LogP contribution in [0.5, 0.6) is 0 Å². The number of hydrogen-bond acceptors (Lipinski definition) is 3. The SMILES string of the molecule is Brc1c(N(c2ccccc2)c2ccc3ccc4cccc5ccc2c3c45)cc(-c2ccccc2)cc1N(c1ccccc1)c1ccc2ccc3cccc4ccc1c2c34.Brc1cc(-c2ccccc2)cc(Br)c1Br.c1ccc(Nc2ccc3ccc4cccc5ccc2c3c45)cc1. The summed E-state index contributed by atoms with van der Waals surface area (Å²) >= 11 is 14.9. The molecule has 0 aromatic heterocycles. The highest BCUT2D eigenvalue weighted by atomic mass is 79.9. The molecule has 19 rings (SSSR count). The lowest BCUT2D eigenvalue weighted by Crippen LogP contribution is -2.15. The molecule has 19 aromatic rings. The predicted molar refractivity (Wildman–Crippen MR) is 431 cm³/mol. The molecule has 0 aliphatic heterocycles. The van der Waals surface area contributed by atoms with Gasteiger partial charge in [0.15, 0.2) is 0 Å². The van der Waals surface area contributed by atoms with Gasteiger partial charge in [0, 0.05) is 52.3 Å². The molecule has 97 heavy (non-hydrogen) atoms. The average molecular weight is 1500 g/mol. The first-order valence-electron chi connectivity index (χ1n) is 32.4. The molecule has 0 bridgehead atoms. The lowest BCUT2D eigenvalue weighted by molar-refractivity contribution is 1.25. The minimum Gasteiger partial charge on any atom is -0.355 e. The van der Waals surface area contributed by atoms with Crippen molar-refractivity contribution in [2.24, 2.45) is 0 Å². The largest absolute Gasteiger partial charge is 0.355 e. The summed E-state index contributed by atoms with van der Waals surface area (Å²) in [5.74, 6) is 0. The number of anilines is 8. The number of halogens is 4. The van der Waals surface area contributed by atoms with Gasteiger partial charge in [0.05, 0.1) is 27.2 Å². The lowest BCUT2D eigenvalue weighted by Gasteiger charge is -2.33. The first-order valence-corrected chi connectivity index (χ1v) is 35.6.